The molecule has 1 N–H and O–H groups in total. The van der Waals surface area contributed by atoms with Gasteiger partial charge < -0.3 is 14.6 Å². The van der Waals surface area contributed by atoms with E-state index in [1.807, 2.05) is 6.92 Å². The van der Waals surface area contributed by atoms with Crippen LogP contribution < -0.4 is 0 Å². The average molecular weight is 310 g/mol. The number of aliphatic carboxylic acids is 1. The number of carbonyl (C=O) groups is 3. The summed E-state index contributed by atoms with van der Waals surface area (Å²) in [6.45, 7) is 7.07. The first-order valence-electron chi connectivity index (χ1n) is 7.79. The fourth-order valence-corrected chi connectivity index (χ4v) is 4.27. The van der Waals surface area contributed by atoms with E-state index >= 15 is 0 Å². The van der Waals surface area contributed by atoms with Crippen molar-refractivity contribution in [1.29, 1.82) is 0 Å². The van der Waals surface area contributed by atoms with Crippen LogP contribution in [0.5, 0.6) is 0 Å². The molecule has 22 heavy (non-hydrogen) atoms. The number of hydrogen-bond donors (Lipinski definition) is 1. The summed E-state index contributed by atoms with van der Waals surface area (Å²) in [5.74, 6) is -2.98. The molecule has 3 rings (SSSR count). The van der Waals surface area contributed by atoms with E-state index in [0.717, 1.165) is 0 Å². The van der Waals surface area contributed by atoms with Crippen molar-refractivity contribution in [1.82, 2.24) is 0 Å². The Balaban J connectivity index is 1.91. The molecule has 3 fully saturated rings. The van der Waals surface area contributed by atoms with Gasteiger partial charge in [0.1, 0.15) is 12.2 Å². The van der Waals surface area contributed by atoms with Gasteiger partial charge in [-0.25, -0.2) is 0 Å². The Labute approximate surface area is 129 Å². The monoisotopic (exact) mass is 310 g/mol. The predicted octanol–water partition coefficient (Wildman–Crippen LogP) is 1.62. The van der Waals surface area contributed by atoms with Crippen LogP contribution in [0.1, 0.15) is 40.5 Å². The van der Waals surface area contributed by atoms with Gasteiger partial charge in [-0.1, -0.05) is 6.92 Å². The van der Waals surface area contributed by atoms with Crippen molar-refractivity contribution in [2.24, 2.45) is 28.6 Å². The highest BCUT2D eigenvalue weighted by Crippen LogP contribution is 2.64. The first-order valence-corrected chi connectivity index (χ1v) is 7.79. The van der Waals surface area contributed by atoms with E-state index in [9.17, 15) is 19.5 Å². The maximum Gasteiger partial charge on any atom is 0.311 e. The van der Waals surface area contributed by atoms with Gasteiger partial charge in [0.15, 0.2) is 0 Å². The molecule has 6 heteroatoms. The lowest BCUT2D eigenvalue weighted by Crippen LogP contribution is -2.50. The van der Waals surface area contributed by atoms with Crippen LogP contribution in [0, 0.1) is 28.6 Å². The Morgan fingerprint density at radius 1 is 1.45 bits per heavy atom. The molecule has 1 aliphatic heterocycles. The Morgan fingerprint density at radius 2 is 2.09 bits per heavy atom. The van der Waals surface area contributed by atoms with Gasteiger partial charge in [0.2, 0.25) is 0 Å². The second-order valence-electron chi connectivity index (χ2n) is 7.58. The molecule has 0 aromatic carbocycles. The summed E-state index contributed by atoms with van der Waals surface area (Å²) in [5.41, 5.74) is -1.85. The molecule has 0 radical (unpaired) electrons. The number of carboxylic acids is 1. The van der Waals surface area contributed by atoms with Crippen LogP contribution in [0.3, 0.4) is 0 Å². The van der Waals surface area contributed by atoms with Gasteiger partial charge in [-0.3, -0.25) is 14.4 Å². The second kappa shape index (κ2) is 4.46. The lowest BCUT2D eigenvalue weighted by atomic mass is 9.66. The maximum absolute atomic E-state index is 12.4. The van der Waals surface area contributed by atoms with Gasteiger partial charge in [0.05, 0.1) is 16.7 Å². The SMILES string of the molecule is CCC(C)(C)C(=O)OC1C2OC(=O)C3C2CC1C3(C)C(=O)O. The summed E-state index contributed by atoms with van der Waals surface area (Å²) in [4.78, 5) is 36.2. The Bertz CT molecular complexity index is 553. The molecule has 3 aliphatic rings. The molecule has 122 valence electrons. The van der Waals surface area contributed by atoms with E-state index in [1.165, 1.54) is 0 Å². The highest BCUT2D eigenvalue weighted by molar-refractivity contribution is 5.88. The summed E-state index contributed by atoms with van der Waals surface area (Å²) in [6.07, 6.45) is 0.0586. The van der Waals surface area contributed by atoms with Gasteiger partial charge in [-0.15, -0.1) is 0 Å². The van der Waals surface area contributed by atoms with Crippen molar-refractivity contribution in [2.75, 3.05) is 0 Å². The zero-order valence-electron chi connectivity index (χ0n) is 13.3. The largest absolute Gasteiger partial charge is 0.481 e. The predicted molar refractivity (Wildman–Crippen MR) is 74.7 cm³/mol. The Hall–Kier alpha value is -1.59. The summed E-state index contributed by atoms with van der Waals surface area (Å²) >= 11 is 0. The third kappa shape index (κ3) is 1.69. The summed E-state index contributed by atoms with van der Waals surface area (Å²) < 4.78 is 11.0. The van der Waals surface area contributed by atoms with E-state index in [2.05, 4.69) is 0 Å². The fourth-order valence-electron chi connectivity index (χ4n) is 4.27. The van der Waals surface area contributed by atoms with Crippen LogP contribution in [0.15, 0.2) is 0 Å². The topological polar surface area (TPSA) is 89.9 Å². The van der Waals surface area contributed by atoms with Gasteiger partial charge >= 0.3 is 17.9 Å². The minimum Gasteiger partial charge on any atom is -0.481 e. The molecule has 0 aromatic heterocycles. The van der Waals surface area contributed by atoms with Crippen molar-refractivity contribution in [2.45, 2.75) is 52.7 Å². The first kappa shape index (κ1) is 15.3. The molecule has 2 saturated carbocycles. The van der Waals surface area contributed by atoms with Crippen molar-refractivity contribution >= 4 is 17.9 Å². The summed E-state index contributed by atoms with van der Waals surface area (Å²) in [6, 6.07) is 0. The molecule has 0 amide bonds. The number of hydrogen-bond acceptors (Lipinski definition) is 5. The van der Waals surface area contributed by atoms with Crippen molar-refractivity contribution < 1.29 is 29.0 Å². The van der Waals surface area contributed by atoms with E-state index in [-0.39, 0.29) is 17.8 Å². The fraction of sp³-hybridized carbons (Fsp3) is 0.812. The molecule has 1 saturated heterocycles. The molecule has 0 aromatic rings. The summed E-state index contributed by atoms with van der Waals surface area (Å²) in [5, 5.41) is 9.64. The summed E-state index contributed by atoms with van der Waals surface area (Å²) in [7, 11) is 0. The third-order valence-corrected chi connectivity index (χ3v) is 6.16. The number of carbonyl (C=O) groups excluding carboxylic acids is 2. The van der Waals surface area contributed by atoms with E-state index in [4.69, 9.17) is 9.47 Å². The lowest BCUT2D eigenvalue weighted by Gasteiger charge is -2.37. The number of carboxylic acid groups (broad SMARTS) is 1. The minimum absolute atomic E-state index is 0.152. The second-order valence-corrected chi connectivity index (χ2v) is 7.58. The molecule has 2 bridgehead atoms. The van der Waals surface area contributed by atoms with Gasteiger partial charge in [-0.2, -0.15) is 0 Å². The average Bonchev–Trinajstić information content (AvgIpc) is 3.02. The Morgan fingerprint density at radius 3 is 2.64 bits per heavy atom. The standard InChI is InChI=1S/C16H22O6/c1-5-15(2,3)14(20)22-11-8-6-7-9(12(17)21-10(7)11)16(8,4)13(18)19/h7-11H,5-6H2,1-4H3,(H,18,19). The van der Waals surface area contributed by atoms with Crippen LogP contribution >= 0.6 is 0 Å². The van der Waals surface area contributed by atoms with Crippen LogP contribution in [-0.2, 0) is 23.9 Å². The van der Waals surface area contributed by atoms with Crippen molar-refractivity contribution in [3.8, 4) is 0 Å². The molecule has 6 unspecified atom stereocenters. The Kier molecular flexibility index (Phi) is 3.10. The quantitative estimate of drug-likeness (QED) is 0.794. The maximum atomic E-state index is 12.4. The van der Waals surface area contributed by atoms with Crippen molar-refractivity contribution in [3.63, 3.8) is 0 Å². The van der Waals surface area contributed by atoms with Crippen LogP contribution in [0.25, 0.3) is 0 Å². The number of rotatable bonds is 4. The number of esters is 2. The first-order chi connectivity index (χ1) is 10.1. The molecule has 2 aliphatic carbocycles. The highest BCUT2D eigenvalue weighted by Gasteiger charge is 2.75. The molecular formula is C16H22O6. The third-order valence-electron chi connectivity index (χ3n) is 6.16. The van der Waals surface area contributed by atoms with Crippen LogP contribution in [0.2, 0.25) is 0 Å². The van der Waals surface area contributed by atoms with Gasteiger partial charge in [-0.05, 0) is 33.6 Å². The van der Waals surface area contributed by atoms with E-state index in [1.54, 1.807) is 20.8 Å². The van der Waals surface area contributed by atoms with Gasteiger partial charge in [0.25, 0.3) is 0 Å². The zero-order chi connectivity index (χ0) is 16.4. The molecule has 6 nitrogen and oxygen atoms in total. The zero-order valence-corrected chi connectivity index (χ0v) is 13.3. The molecule has 0 spiro atoms. The molecule has 1 heterocycles. The number of fused-ring (bicyclic) bond motifs is 1. The normalized spacial score (nSPS) is 42.4. The smallest absolute Gasteiger partial charge is 0.311 e. The van der Waals surface area contributed by atoms with E-state index < -0.39 is 40.9 Å². The highest BCUT2D eigenvalue weighted by atomic mass is 16.6. The van der Waals surface area contributed by atoms with E-state index in [0.29, 0.717) is 12.8 Å². The molecule has 6 atom stereocenters. The minimum atomic E-state index is -1.21. The lowest BCUT2D eigenvalue weighted by molar-refractivity contribution is -0.177. The van der Waals surface area contributed by atoms with Gasteiger partial charge in [0, 0.05) is 11.8 Å². The van der Waals surface area contributed by atoms with Crippen molar-refractivity contribution in [3.05, 3.63) is 0 Å². The molecular weight excluding hydrogens is 288 g/mol. The van der Waals surface area contributed by atoms with Crippen LogP contribution in [-0.4, -0.2) is 35.2 Å². The van der Waals surface area contributed by atoms with Crippen LogP contribution in [0.4, 0.5) is 0 Å². The number of ether oxygens (including phenoxy) is 2.